The maximum absolute atomic E-state index is 12.0. The fourth-order valence-electron chi connectivity index (χ4n) is 4.64. The number of hydrogen-bond acceptors (Lipinski definition) is 5. The van der Waals surface area contributed by atoms with Gasteiger partial charge in [0, 0.05) is 17.9 Å². The molecule has 2 fully saturated rings. The van der Waals surface area contributed by atoms with Crippen molar-refractivity contribution in [2.45, 2.75) is 57.1 Å². The number of likely N-dealkylation sites (tertiary alicyclic amines) is 1. The maximum Gasteiger partial charge on any atom is 0.308 e. The van der Waals surface area contributed by atoms with Crippen LogP contribution in [0.25, 0.3) is 0 Å². The largest absolute Gasteiger partial charge is 0.493 e. The Morgan fingerprint density at radius 1 is 1.19 bits per heavy atom. The number of methoxy groups -OCH3 is 2. The molecule has 1 aliphatic carbocycles. The number of hydrogen-bond donors (Lipinski definition) is 0. The quantitative estimate of drug-likeness (QED) is 0.752. The van der Waals surface area contributed by atoms with Gasteiger partial charge in [-0.1, -0.05) is 19.9 Å². The molecular weight excluding hydrogens is 330 g/mol. The molecule has 0 amide bonds. The van der Waals surface area contributed by atoms with E-state index in [0.29, 0.717) is 6.04 Å². The van der Waals surface area contributed by atoms with E-state index in [1.807, 2.05) is 19.9 Å². The van der Waals surface area contributed by atoms with Crippen LogP contribution < -0.4 is 9.47 Å². The van der Waals surface area contributed by atoms with E-state index >= 15 is 0 Å². The summed E-state index contributed by atoms with van der Waals surface area (Å²) >= 11 is 0. The van der Waals surface area contributed by atoms with Crippen LogP contribution in [0.3, 0.4) is 0 Å². The van der Waals surface area contributed by atoms with Gasteiger partial charge in [-0.2, -0.15) is 0 Å². The Balaban J connectivity index is 1.86. The molecule has 2 aliphatic rings. The van der Waals surface area contributed by atoms with Crippen LogP contribution in [0, 0.1) is 5.92 Å². The zero-order valence-corrected chi connectivity index (χ0v) is 16.6. The Hall–Kier alpha value is -1.75. The molecule has 3 rings (SSSR count). The molecule has 1 aromatic carbocycles. The monoisotopic (exact) mass is 361 g/mol. The van der Waals surface area contributed by atoms with Gasteiger partial charge in [-0.05, 0) is 50.6 Å². The molecule has 1 saturated carbocycles. The third kappa shape index (κ3) is 3.29. The van der Waals surface area contributed by atoms with Crippen molar-refractivity contribution < 1.29 is 19.0 Å². The van der Waals surface area contributed by atoms with Gasteiger partial charge in [-0.15, -0.1) is 0 Å². The van der Waals surface area contributed by atoms with Crippen LogP contribution >= 0.6 is 0 Å². The zero-order valence-electron chi connectivity index (χ0n) is 16.6. The van der Waals surface area contributed by atoms with Crippen LogP contribution in [0.1, 0.15) is 45.1 Å². The predicted molar refractivity (Wildman–Crippen MR) is 101 cm³/mol. The number of nitrogens with zero attached hydrogens (tertiary/aromatic N) is 1. The summed E-state index contributed by atoms with van der Waals surface area (Å²) in [6.07, 6.45) is 3.96. The van der Waals surface area contributed by atoms with E-state index in [1.54, 1.807) is 14.2 Å². The van der Waals surface area contributed by atoms with Crippen molar-refractivity contribution in [1.82, 2.24) is 4.90 Å². The lowest BCUT2D eigenvalue weighted by atomic mass is 9.65. The molecule has 5 heteroatoms. The van der Waals surface area contributed by atoms with E-state index in [9.17, 15) is 4.79 Å². The minimum absolute atomic E-state index is 0.0173. The summed E-state index contributed by atoms with van der Waals surface area (Å²) in [6.45, 7) is 4.84. The molecule has 1 saturated heterocycles. The Kier molecular flexibility index (Phi) is 5.47. The summed E-state index contributed by atoms with van der Waals surface area (Å²) in [4.78, 5) is 14.4. The van der Waals surface area contributed by atoms with Crippen LogP contribution in [0.2, 0.25) is 0 Å². The average molecular weight is 361 g/mol. The summed E-state index contributed by atoms with van der Waals surface area (Å²) in [5.74, 6) is 1.37. The van der Waals surface area contributed by atoms with Gasteiger partial charge < -0.3 is 19.1 Å². The smallest absolute Gasteiger partial charge is 0.308 e. The number of fused-ring (bicyclic) bond motifs is 1. The third-order valence-corrected chi connectivity index (χ3v) is 6.19. The zero-order chi connectivity index (χ0) is 18.9. The van der Waals surface area contributed by atoms with Crippen LogP contribution in [-0.2, 0) is 14.9 Å². The Morgan fingerprint density at radius 3 is 2.58 bits per heavy atom. The molecule has 0 aromatic heterocycles. The molecule has 0 N–H and O–H groups in total. The number of carbonyl (C=O) groups excluding carboxylic acids is 1. The van der Waals surface area contributed by atoms with Gasteiger partial charge in [-0.3, -0.25) is 4.79 Å². The third-order valence-electron chi connectivity index (χ3n) is 6.19. The number of carbonyl (C=O) groups is 1. The highest BCUT2D eigenvalue weighted by atomic mass is 16.5. The summed E-state index contributed by atoms with van der Waals surface area (Å²) in [5.41, 5.74) is 1.40. The van der Waals surface area contributed by atoms with E-state index < -0.39 is 0 Å². The highest BCUT2D eigenvalue weighted by Crippen LogP contribution is 2.50. The van der Waals surface area contributed by atoms with Crippen LogP contribution in [0.5, 0.6) is 11.5 Å². The Morgan fingerprint density at radius 2 is 1.92 bits per heavy atom. The van der Waals surface area contributed by atoms with Crippen LogP contribution in [-0.4, -0.2) is 50.8 Å². The van der Waals surface area contributed by atoms with Crippen LogP contribution in [0.4, 0.5) is 0 Å². The second kappa shape index (κ2) is 7.47. The number of esters is 1. The van der Waals surface area contributed by atoms with Crippen molar-refractivity contribution in [2.24, 2.45) is 5.92 Å². The van der Waals surface area contributed by atoms with Crippen molar-refractivity contribution in [3.63, 3.8) is 0 Å². The standard InChI is InChI=1S/C21H31NO4/c1-14(2)20(23)26-16-8-9-21(10-11-22(3)19(21)13-16)15-6-7-17(24-4)18(12-15)25-5/h6-7,12,14,16,19H,8-11,13H2,1-5H3/t16-,19+,21+/m1/s1. The lowest BCUT2D eigenvalue weighted by Crippen LogP contribution is -2.48. The summed E-state index contributed by atoms with van der Waals surface area (Å²) in [5, 5.41) is 0. The summed E-state index contributed by atoms with van der Waals surface area (Å²) in [6, 6.07) is 6.68. The normalized spacial score (nSPS) is 28.7. The Labute approximate surface area is 156 Å². The van der Waals surface area contributed by atoms with Crippen molar-refractivity contribution in [3.05, 3.63) is 23.8 Å². The first kappa shape index (κ1) is 19.0. The lowest BCUT2D eigenvalue weighted by Gasteiger charge is -2.44. The first-order valence-corrected chi connectivity index (χ1v) is 9.54. The van der Waals surface area contributed by atoms with Crippen molar-refractivity contribution in [3.8, 4) is 11.5 Å². The molecule has 1 aliphatic heterocycles. The fraction of sp³-hybridized carbons (Fsp3) is 0.667. The molecule has 1 aromatic rings. The molecule has 0 spiro atoms. The van der Waals surface area contributed by atoms with Gasteiger partial charge >= 0.3 is 5.97 Å². The van der Waals surface area contributed by atoms with E-state index in [2.05, 4.69) is 24.1 Å². The van der Waals surface area contributed by atoms with Crippen LogP contribution in [0.15, 0.2) is 18.2 Å². The second-order valence-corrected chi connectivity index (χ2v) is 7.96. The summed E-state index contributed by atoms with van der Waals surface area (Å²) < 4.78 is 16.7. The fourth-order valence-corrected chi connectivity index (χ4v) is 4.64. The highest BCUT2D eigenvalue weighted by molar-refractivity contribution is 5.71. The highest BCUT2D eigenvalue weighted by Gasteiger charge is 2.51. The second-order valence-electron chi connectivity index (χ2n) is 7.96. The SMILES string of the molecule is COc1ccc([C@@]23CC[C@@H](OC(=O)C(C)C)C[C@@H]2N(C)CC3)cc1OC. The molecule has 0 bridgehead atoms. The van der Waals surface area contributed by atoms with Crippen molar-refractivity contribution in [1.29, 1.82) is 0 Å². The summed E-state index contributed by atoms with van der Waals surface area (Å²) in [7, 11) is 5.52. The van der Waals surface area contributed by atoms with Gasteiger partial charge in [0.1, 0.15) is 6.10 Å². The number of rotatable bonds is 5. The van der Waals surface area contributed by atoms with E-state index in [0.717, 1.165) is 43.7 Å². The van der Waals surface area contributed by atoms with Gasteiger partial charge in [0.15, 0.2) is 11.5 Å². The first-order chi connectivity index (χ1) is 12.4. The molecule has 5 nitrogen and oxygen atoms in total. The predicted octanol–water partition coefficient (Wildman–Crippen LogP) is 3.40. The number of likely N-dealkylation sites (N-methyl/N-ethyl adjacent to an activating group) is 1. The minimum Gasteiger partial charge on any atom is -0.493 e. The van der Waals surface area contributed by atoms with Crippen molar-refractivity contribution in [2.75, 3.05) is 27.8 Å². The molecule has 0 radical (unpaired) electrons. The average Bonchev–Trinajstić information content (AvgIpc) is 2.98. The molecular formula is C21H31NO4. The maximum atomic E-state index is 12.0. The van der Waals surface area contributed by atoms with E-state index in [4.69, 9.17) is 14.2 Å². The molecule has 1 heterocycles. The minimum atomic E-state index is -0.0886. The van der Waals surface area contributed by atoms with Crippen molar-refractivity contribution >= 4 is 5.97 Å². The lowest BCUT2D eigenvalue weighted by molar-refractivity contribution is -0.155. The number of ether oxygens (including phenoxy) is 3. The van der Waals surface area contributed by atoms with Gasteiger partial charge in [0.25, 0.3) is 0 Å². The molecule has 0 unspecified atom stereocenters. The first-order valence-electron chi connectivity index (χ1n) is 9.54. The number of benzene rings is 1. The van der Waals surface area contributed by atoms with Gasteiger partial charge in [-0.25, -0.2) is 0 Å². The van der Waals surface area contributed by atoms with E-state index in [1.165, 1.54) is 5.56 Å². The van der Waals surface area contributed by atoms with Gasteiger partial charge in [0.05, 0.1) is 20.1 Å². The Bertz CT molecular complexity index is 659. The molecule has 26 heavy (non-hydrogen) atoms. The molecule has 144 valence electrons. The topological polar surface area (TPSA) is 48.0 Å². The van der Waals surface area contributed by atoms with Gasteiger partial charge in [0.2, 0.25) is 0 Å². The van der Waals surface area contributed by atoms with E-state index in [-0.39, 0.29) is 23.4 Å². The molecule has 3 atom stereocenters.